The minimum Gasteiger partial charge on any atom is -0.389 e. The maximum absolute atomic E-state index is 9.84. The minimum atomic E-state index is -0.464. The third-order valence-corrected chi connectivity index (χ3v) is 4.19. The molecule has 1 atom stereocenters. The second-order valence-corrected chi connectivity index (χ2v) is 6.49. The molecule has 2 heterocycles. The number of nitrogens with zero attached hydrogens (tertiary/aromatic N) is 2. The fourth-order valence-corrected chi connectivity index (χ4v) is 2.91. The second kappa shape index (κ2) is 9.05. The van der Waals surface area contributed by atoms with E-state index in [4.69, 9.17) is 4.74 Å². The van der Waals surface area contributed by atoms with E-state index >= 15 is 0 Å². The van der Waals surface area contributed by atoms with Crippen LogP contribution >= 0.6 is 11.3 Å². The van der Waals surface area contributed by atoms with Gasteiger partial charge in [0.25, 0.3) is 0 Å². The van der Waals surface area contributed by atoms with Gasteiger partial charge in [0.15, 0.2) is 0 Å². The van der Waals surface area contributed by atoms with Gasteiger partial charge in [-0.1, -0.05) is 6.07 Å². The van der Waals surface area contributed by atoms with Gasteiger partial charge in [-0.05, 0) is 44.3 Å². The van der Waals surface area contributed by atoms with E-state index in [1.165, 1.54) is 10.6 Å². The van der Waals surface area contributed by atoms with Crippen LogP contribution < -0.4 is 5.32 Å². The molecule has 0 aliphatic heterocycles. The minimum absolute atomic E-state index is 0.363. The normalized spacial score (nSPS) is 12.7. The van der Waals surface area contributed by atoms with Crippen molar-refractivity contribution in [1.82, 2.24) is 15.1 Å². The van der Waals surface area contributed by atoms with Gasteiger partial charge in [0.1, 0.15) is 0 Å². The Labute approximate surface area is 135 Å². The molecule has 0 aromatic carbocycles. The Hall–Kier alpha value is -1.21. The number of hydrogen-bond acceptors (Lipinski definition) is 5. The number of aliphatic hydroxyl groups is 1. The number of hydrogen-bond donors (Lipinski definition) is 2. The van der Waals surface area contributed by atoms with E-state index in [9.17, 15) is 5.11 Å². The lowest BCUT2D eigenvalue weighted by atomic mass is 10.3. The number of aliphatic hydroxyl groups excluding tert-OH is 1. The fraction of sp³-hybridized carbons (Fsp3) is 0.562. The average molecular weight is 323 g/mol. The predicted octanol–water partition coefficient (Wildman–Crippen LogP) is 2.12. The molecule has 2 aromatic heterocycles. The maximum atomic E-state index is 9.84. The molecular formula is C16H25N3O2S. The first kappa shape index (κ1) is 17.1. The lowest BCUT2D eigenvalue weighted by molar-refractivity contribution is 0.0299. The van der Waals surface area contributed by atoms with Crippen molar-refractivity contribution < 1.29 is 9.84 Å². The Morgan fingerprint density at radius 3 is 3.00 bits per heavy atom. The predicted molar refractivity (Wildman–Crippen MR) is 89.2 cm³/mol. The monoisotopic (exact) mass is 323 g/mol. The van der Waals surface area contributed by atoms with Crippen LogP contribution in [0.3, 0.4) is 0 Å². The number of rotatable bonds is 10. The van der Waals surface area contributed by atoms with Crippen molar-refractivity contribution in [3.8, 4) is 0 Å². The van der Waals surface area contributed by atoms with Crippen molar-refractivity contribution in [3.63, 3.8) is 0 Å². The van der Waals surface area contributed by atoms with Gasteiger partial charge in [0.2, 0.25) is 0 Å². The number of thiophene rings is 1. The number of aromatic nitrogens is 2. The standard InChI is InChI=1S/C16H25N3O2S/c1-13-9-14(2)19(18-13)7-4-6-17-10-15(20)11-21-12-16-5-3-8-22-16/h3,5,8-9,15,17,20H,4,6-7,10-12H2,1-2H3/t15-/m0/s1. The van der Waals surface area contributed by atoms with Gasteiger partial charge in [-0.25, -0.2) is 0 Å². The summed E-state index contributed by atoms with van der Waals surface area (Å²) in [4.78, 5) is 1.19. The zero-order chi connectivity index (χ0) is 15.8. The average Bonchev–Trinajstić information content (AvgIpc) is 3.09. The van der Waals surface area contributed by atoms with Gasteiger partial charge < -0.3 is 15.2 Å². The molecule has 0 unspecified atom stereocenters. The smallest absolute Gasteiger partial charge is 0.0897 e. The summed E-state index contributed by atoms with van der Waals surface area (Å²) in [7, 11) is 0. The van der Waals surface area contributed by atoms with Gasteiger partial charge in [-0.3, -0.25) is 4.68 Å². The van der Waals surface area contributed by atoms with Crippen LogP contribution in [0, 0.1) is 13.8 Å². The van der Waals surface area contributed by atoms with Crippen molar-refractivity contribution in [1.29, 1.82) is 0 Å². The number of nitrogens with one attached hydrogen (secondary N) is 1. The van der Waals surface area contributed by atoms with E-state index in [-0.39, 0.29) is 0 Å². The lowest BCUT2D eigenvalue weighted by Gasteiger charge is -2.12. The van der Waals surface area contributed by atoms with Gasteiger partial charge in [-0.2, -0.15) is 5.10 Å². The third kappa shape index (κ3) is 5.88. The molecule has 0 saturated heterocycles. The van der Waals surface area contributed by atoms with E-state index in [0.29, 0.717) is 19.8 Å². The summed E-state index contributed by atoms with van der Waals surface area (Å²) in [5.74, 6) is 0. The molecule has 0 radical (unpaired) electrons. The first-order valence-electron chi connectivity index (χ1n) is 7.65. The first-order valence-corrected chi connectivity index (χ1v) is 8.53. The van der Waals surface area contributed by atoms with Crippen LogP contribution in [-0.2, 0) is 17.9 Å². The first-order chi connectivity index (χ1) is 10.6. The van der Waals surface area contributed by atoms with Crippen LogP contribution in [0.4, 0.5) is 0 Å². The summed E-state index contributed by atoms with van der Waals surface area (Å²) in [6.45, 7) is 7.34. The summed E-state index contributed by atoms with van der Waals surface area (Å²) in [5.41, 5.74) is 2.25. The SMILES string of the molecule is Cc1cc(C)n(CCCNC[C@H](O)COCc2cccs2)n1. The summed E-state index contributed by atoms with van der Waals surface area (Å²) in [6, 6.07) is 6.13. The molecule has 0 aliphatic rings. The highest BCUT2D eigenvalue weighted by atomic mass is 32.1. The van der Waals surface area contributed by atoms with Gasteiger partial charge >= 0.3 is 0 Å². The summed E-state index contributed by atoms with van der Waals surface area (Å²) in [5, 5.41) is 19.6. The van der Waals surface area contributed by atoms with Crippen LogP contribution in [0.1, 0.15) is 22.7 Å². The summed E-state index contributed by atoms with van der Waals surface area (Å²) in [6.07, 6.45) is 0.527. The van der Waals surface area contributed by atoms with Gasteiger partial charge in [0, 0.05) is 23.7 Å². The molecule has 2 aromatic rings. The molecule has 22 heavy (non-hydrogen) atoms. The summed E-state index contributed by atoms with van der Waals surface area (Å²) >= 11 is 1.67. The zero-order valence-electron chi connectivity index (χ0n) is 13.3. The maximum Gasteiger partial charge on any atom is 0.0897 e. The van der Waals surface area contributed by atoms with Crippen molar-refractivity contribution >= 4 is 11.3 Å². The fourth-order valence-electron chi connectivity index (χ4n) is 2.27. The van der Waals surface area contributed by atoms with Crippen molar-refractivity contribution in [2.75, 3.05) is 19.7 Å². The molecule has 2 N–H and O–H groups in total. The van der Waals surface area contributed by atoms with E-state index in [0.717, 1.165) is 25.2 Å². The molecular weight excluding hydrogens is 298 g/mol. The summed E-state index contributed by atoms with van der Waals surface area (Å²) < 4.78 is 7.52. The molecule has 0 bridgehead atoms. The molecule has 122 valence electrons. The lowest BCUT2D eigenvalue weighted by Crippen LogP contribution is -2.31. The van der Waals surface area contributed by atoms with E-state index < -0.39 is 6.10 Å². The van der Waals surface area contributed by atoms with Crippen LogP contribution in [0.25, 0.3) is 0 Å². The molecule has 6 heteroatoms. The second-order valence-electron chi connectivity index (χ2n) is 5.46. The molecule has 0 saturated carbocycles. The zero-order valence-corrected chi connectivity index (χ0v) is 14.1. The van der Waals surface area contributed by atoms with Crippen LogP contribution in [0.5, 0.6) is 0 Å². The molecule has 0 aliphatic carbocycles. The van der Waals surface area contributed by atoms with E-state index in [1.807, 2.05) is 29.1 Å². The van der Waals surface area contributed by atoms with Gasteiger partial charge in [0.05, 0.1) is 25.0 Å². The Bertz CT molecular complexity index is 540. The van der Waals surface area contributed by atoms with Crippen molar-refractivity contribution in [3.05, 3.63) is 39.8 Å². The third-order valence-electron chi connectivity index (χ3n) is 3.34. The Morgan fingerprint density at radius 1 is 1.45 bits per heavy atom. The van der Waals surface area contributed by atoms with Gasteiger partial charge in [-0.15, -0.1) is 11.3 Å². The molecule has 2 rings (SSSR count). The van der Waals surface area contributed by atoms with Crippen molar-refractivity contribution in [2.24, 2.45) is 0 Å². The molecule has 0 amide bonds. The molecule has 0 spiro atoms. The Morgan fingerprint density at radius 2 is 2.32 bits per heavy atom. The van der Waals surface area contributed by atoms with Crippen LogP contribution in [-0.4, -0.2) is 40.7 Å². The Kier molecular flexibility index (Phi) is 7.05. The number of ether oxygens (including phenoxy) is 1. The van der Waals surface area contributed by atoms with E-state index in [1.54, 1.807) is 11.3 Å². The Balaban J connectivity index is 1.50. The number of aryl methyl sites for hydroxylation is 3. The molecule has 0 fully saturated rings. The van der Waals surface area contributed by atoms with E-state index in [2.05, 4.69) is 23.4 Å². The highest BCUT2D eigenvalue weighted by molar-refractivity contribution is 7.09. The highest BCUT2D eigenvalue weighted by Gasteiger charge is 2.05. The quantitative estimate of drug-likeness (QED) is 0.658. The largest absolute Gasteiger partial charge is 0.389 e. The highest BCUT2D eigenvalue weighted by Crippen LogP contribution is 2.09. The van der Waals surface area contributed by atoms with Crippen LogP contribution in [0.2, 0.25) is 0 Å². The van der Waals surface area contributed by atoms with Crippen molar-refractivity contribution in [2.45, 2.75) is 39.5 Å². The topological polar surface area (TPSA) is 59.3 Å². The molecule has 5 nitrogen and oxygen atoms in total. The van der Waals surface area contributed by atoms with Crippen LogP contribution in [0.15, 0.2) is 23.6 Å².